The number of likely N-dealkylation sites (tertiary alicyclic amines) is 1. The molecule has 2 rings (SSSR count). The van der Waals surface area contributed by atoms with Crippen molar-refractivity contribution < 1.29 is 14.3 Å². The second-order valence-electron chi connectivity index (χ2n) is 5.40. The maximum absolute atomic E-state index is 12.0. The van der Waals surface area contributed by atoms with E-state index in [4.69, 9.17) is 9.47 Å². The molecular weight excluding hydrogens is 278 g/mol. The van der Waals surface area contributed by atoms with E-state index >= 15 is 0 Å². The molecule has 0 bridgehead atoms. The van der Waals surface area contributed by atoms with Gasteiger partial charge in [0.15, 0.2) is 0 Å². The van der Waals surface area contributed by atoms with E-state index < -0.39 is 0 Å². The Kier molecular flexibility index (Phi) is 6.46. The minimum Gasteiger partial charge on any atom is -0.496 e. The number of piperidine rings is 1. The van der Waals surface area contributed by atoms with E-state index in [-0.39, 0.29) is 12.0 Å². The van der Waals surface area contributed by atoms with Crippen LogP contribution < -0.4 is 4.74 Å². The SMILES string of the molecule is CCOC(=O)C1CCCCN1CC=Cc1ccccc1OC. The molecule has 0 spiro atoms. The zero-order valence-electron chi connectivity index (χ0n) is 13.5. The van der Waals surface area contributed by atoms with Crippen LogP contribution >= 0.6 is 0 Å². The first-order valence-corrected chi connectivity index (χ1v) is 7.96. The molecular formula is C18H25NO3. The summed E-state index contributed by atoms with van der Waals surface area (Å²) < 4.78 is 10.5. The van der Waals surface area contributed by atoms with Gasteiger partial charge in [0.2, 0.25) is 0 Å². The molecule has 1 heterocycles. The first-order chi connectivity index (χ1) is 10.8. The van der Waals surface area contributed by atoms with Crippen molar-refractivity contribution >= 4 is 12.0 Å². The maximum atomic E-state index is 12.0. The molecule has 1 fully saturated rings. The van der Waals surface area contributed by atoms with Crippen LogP contribution in [-0.4, -0.2) is 43.7 Å². The molecule has 1 unspecified atom stereocenters. The average molecular weight is 303 g/mol. The van der Waals surface area contributed by atoms with E-state index in [9.17, 15) is 4.79 Å². The van der Waals surface area contributed by atoms with Crippen molar-refractivity contribution in [2.45, 2.75) is 32.2 Å². The van der Waals surface area contributed by atoms with Gasteiger partial charge in [-0.25, -0.2) is 0 Å². The van der Waals surface area contributed by atoms with Crippen molar-refractivity contribution in [1.82, 2.24) is 4.90 Å². The van der Waals surface area contributed by atoms with Gasteiger partial charge in [-0.1, -0.05) is 36.8 Å². The first-order valence-electron chi connectivity index (χ1n) is 7.96. The average Bonchev–Trinajstić information content (AvgIpc) is 2.56. The molecule has 4 nitrogen and oxygen atoms in total. The van der Waals surface area contributed by atoms with Crippen molar-refractivity contribution in [3.05, 3.63) is 35.9 Å². The van der Waals surface area contributed by atoms with Crippen LogP contribution in [-0.2, 0) is 9.53 Å². The van der Waals surface area contributed by atoms with Crippen molar-refractivity contribution in [1.29, 1.82) is 0 Å². The molecule has 0 radical (unpaired) electrons. The second-order valence-corrected chi connectivity index (χ2v) is 5.40. The Morgan fingerprint density at radius 3 is 2.95 bits per heavy atom. The zero-order chi connectivity index (χ0) is 15.8. The number of carbonyl (C=O) groups excluding carboxylic acids is 1. The molecule has 1 aromatic rings. The van der Waals surface area contributed by atoms with E-state index in [0.717, 1.165) is 43.7 Å². The van der Waals surface area contributed by atoms with Crippen LogP contribution in [0.2, 0.25) is 0 Å². The lowest BCUT2D eigenvalue weighted by molar-refractivity contribution is -0.150. The van der Waals surface area contributed by atoms with Crippen molar-refractivity contribution in [3.63, 3.8) is 0 Å². The van der Waals surface area contributed by atoms with E-state index in [2.05, 4.69) is 17.1 Å². The lowest BCUT2D eigenvalue weighted by Gasteiger charge is -2.33. The fraction of sp³-hybridized carbons (Fsp3) is 0.500. The van der Waals surface area contributed by atoms with Crippen LogP contribution in [0.25, 0.3) is 6.08 Å². The van der Waals surface area contributed by atoms with Crippen LogP contribution in [0.4, 0.5) is 0 Å². The molecule has 4 heteroatoms. The fourth-order valence-corrected chi connectivity index (χ4v) is 2.83. The van der Waals surface area contributed by atoms with Gasteiger partial charge < -0.3 is 9.47 Å². The molecule has 120 valence electrons. The number of para-hydroxylation sites is 1. The molecule has 0 aliphatic carbocycles. The smallest absolute Gasteiger partial charge is 0.323 e. The van der Waals surface area contributed by atoms with Gasteiger partial charge in [0, 0.05) is 12.1 Å². The van der Waals surface area contributed by atoms with Gasteiger partial charge in [-0.3, -0.25) is 9.69 Å². The van der Waals surface area contributed by atoms with Gasteiger partial charge in [-0.2, -0.15) is 0 Å². The summed E-state index contributed by atoms with van der Waals surface area (Å²) in [7, 11) is 1.67. The van der Waals surface area contributed by atoms with Gasteiger partial charge in [-0.05, 0) is 32.4 Å². The predicted molar refractivity (Wildman–Crippen MR) is 87.9 cm³/mol. The number of benzene rings is 1. The third-order valence-electron chi connectivity index (χ3n) is 3.95. The highest BCUT2D eigenvalue weighted by molar-refractivity contribution is 5.76. The third kappa shape index (κ3) is 4.34. The third-order valence-corrected chi connectivity index (χ3v) is 3.95. The zero-order valence-corrected chi connectivity index (χ0v) is 13.5. The Morgan fingerprint density at radius 2 is 2.18 bits per heavy atom. The van der Waals surface area contributed by atoms with Crippen LogP contribution in [0, 0.1) is 0 Å². The Balaban J connectivity index is 1.98. The van der Waals surface area contributed by atoms with Crippen molar-refractivity contribution in [2.24, 2.45) is 0 Å². The molecule has 1 saturated heterocycles. The number of methoxy groups -OCH3 is 1. The monoisotopic (exact) mass is 303 g/mol. The summed E-state index contributed by atoms with van der Waals surface area (Å²) in [6, 6.07) is 7.81. The second kappa shape index (κ2) is 8.59. The Morgan fingerprint density at radius 1 is 1.36 bits per heavy atom. The lowest BCUT2D eigenvalue weighted by Crippen LogP contribution is -2.45. The summed E-state index contributed by atoms with van der Waals surface area (Å²) in [5.41, 5.74) is 1.05. The highest BCUT2D eigenvalue weighted by Gasteiger charge is 2.28. The van der Waals surface area contributed by atoms with Crippen LogP contribution in [0.1, 0.15) is 31.7 Å². The van der Waals surface area contributed by atoms with Gasteiger partial charge in [0.25, 0.3) is 0 Å². The lowest BCUT2D eigenvalue weighted by atomic mass is 10.0. The molecule has 1 aromatic carbocycles. The molecule has 22 heavy (non-hydrogen) atoms. The number of carbonyl (C=O) groups is 1. The Hall–Kier alpha value is -1.81. The summed E-state index contributed by atoms with van der Waals surface area (Å²) in [6.45, 7) is 3.99. The molecule has 1 aliphatic rings. The van der Waals surface area contributed by atoms with Crippen molar-refractivity contribution in [2.75, 3.05) is 26.8 Å². The number of rotatable bonds is 6. The summed E-state index contributed by atoms with van der Waals surface area (Å²) in [5.74, 6) is 0.771. The summed E-state index contributed by atoms with van der Waals surface area (Å²) in [6.07, 6.45) is 7.26. The van der Waals surface area contributed by atoms with Crippen molar-refractivity contribution in [3.8, 4) is 5.75 Å². The fourth-order valence-electron chi connectivity index (χ4n) is 2.83. The normalized spacial score (nSPS) is 19.3. The number of esters is 1. The largest absolute Gasteiger partial charge is 0.496 e. The topological polar surface area (TPSA) is 38.8 Å². The van der Waals surface area contributed by atoms with Crippen LogP contribution in [0.3, 0.4) is 0 Å². The number of nitrogens with zero attached hydrogens (tertiary/aromatic N) is 1. The molecule has 0 aromatic heterocycles. The molecule has 0 saturated carbocycles. The minimum atomic E-state index is -0.101. The van der Waals surface area contributed by atoms with E-state index in [1.54, 1.807) is 7.11 Å². The summed E-state index contributed by atoms with van der Waals surface area (Å²) in [4.78, 5) is 14.2. The standard InChI is InChI=1S/C18H25NO3/c1-3-22-18(20)16-11-6-7-13-19(16)14-8-10-15-9-4-5-12-17(15)21-2/h4-5,8-10,12,16H,3,6-7,11,13-14H2,1-2H3. The van der Waals surface area contributed by atoms with E-state index in [1.165, 1.54) is 0 Å². The number of ether oxygens (including phenoxy) is 2. The minimum absolute atomic E-state index is 0.0899. The van der Waals surface area contributed by atoms with E-state index in [1.807, 2.05) is 31.2 Å². The van der Waals surface area contributed by atoms with E-state index in [0.29, 0.717) is 6.61 Å². The summed E-state index contributed by atoms with van der Waals surface area (Å²) >= 11 is 0. The first kappa shape index (κ1) is 16.6. The molecule has 0 amide bonds. The summed E-state index contributed by atoms with van der Waals surface area (Å²) in [5, 5.41) is 0. The molecule has 1 aliphatic heterocycles. The molecule has 1 atom stereocenters. The van der Waals surface area contributed by atoms with Gasteiger partial charge in [-0.15, -0.1) is 0 Å². The maximum Gasteiger partial charge on any atom is 0.323 e. The van der Waals surface area contributed by atoms with Gasteiger partial charge in [0.05, 0.1) is 13.7 Å². The number of hydrogen-bond acceptors (Lipinski definition) is 4. The Labute approximate surface area is 132 Å². The van der Waals surface area contributed by atoms with Crippen LogP contribution in [0.15, 0.2) is 30.3 Å². The van der Waals surface area contributed by atoms with Gasteiger partial charge >= 0.3 is 5.97 Å². The molecule has 0 N–H and O–H groups in total. The predicted octanol–water partition coefficient (Wildman–Crippen LogP) is 3.13. The van der Waals surface area contributed by atoms with Crippen LogP contribution in [0.5, 0.6) is 5.75 Å². The number of hydrogen-bond donors (Lipinski definition) is 0. The Bertz CT molecular complexity index is 513. The quantitative estimate of drug-likeness (QED) is 0.757. The highest BCUT2D eigenvalue weighted by Crippen LogP contribution is 2.20. The highest BCUT2D eigenvalue weighted by atomic mass is 16.5. The van der Waals surface area contributed by atoms with Gasteiger partial charge in [0.1, 0.15) is 11.8 Å².